The van der Waals surface area contributed by atoms with Crippen LogP contribution in [-0.2, 0) is 15.9 Å². The molecule has 2 atom stereocenters. The van der Waals surface area contributed by atoms with Gasteiger partial charge in [-0.05, 0) is 28.8 Å². The van der Waals surface area contributed by atoms with E-state index < -0.39 is 40.9 Å². The fraction of sp³-hybridized carbons (Fsp3) is 0.267. The van der Waals surface area contributed by atoms with E-state index in [-0.39, 0.29) is 31.0 Å². The van der Waals surface area contributed by atoms with Crippen LogP contribution in [0.4, 0.5) is 8.78 Å². The van der Waals surface area contributed by atoms with Gasteiger partial charge in [-0.25, -0.2) is 8.78 Å². The predicted molar refractivity (Wildman–Crippen MR) is 149 cm³/mol. The lowest BCUT2D eigenvalue weighted by Gasteiger charge is -2.51. The molecule has 0 spiro atoms. The zero-order chi connectivity index (χ0) is 28.4. The number of hydrogen-bond acceptors (Lipinski definition) is 7. The first-order valence-electron chi connectivity index (χ1n) is 13.2. The molecule has 4 heterocycles. The Kier molecular flexibility index (Phi) is 6.18. The molecular weight excluding hydrogens is 552 g/mol. The summed E-state index contributed by atoms with van der Waals surface area (Å²) >= 11 is 1.51. The zero-order valence-corrected chi connectivity index (χ0v) is 22.8. The number of nitrogens with zero attached hydrogens (tertiary/aromatic N) is 3. The van der Waals surface area contributed by atoms with Gasteiger partial charge in [0, 0.05) is 53.2 Å². The summed E-state index contributed by atoms with van der Waals surface area (Å²) in [7, 11) is 1.62. The maximum atomic E-state index is 16.0. The van der Waals surface area contributed by atoms with Gasteiger partial charge >= 0.3 is 0 Å². The zero-order valence-electron chi connectivity index (χ0n) is 22.0. The Morgan fingerprint density at radius 2 is 1.93 bits per heavy atom. The maximum absolute atomic E-state index is 16.0. The first-order chi connectivity index (χ1) is 19.9. The molecule has 1 aliphatic carbocycles. The van der Waals surface area contributed by atoms with Gasteiger partial charge in [0.15, 0.2) is 23.1 Å². The van der Waals surface area contributed by atoms with Crippen molar-refractivity contribution >= 4 is 17.2 Å². The van der Waals surface area contributed by atoms with E-state index in [0.29, 0.717) is 24.2 Å². The number of morpholine rings is 1. The summed E-state index contributed by atoms with van der Waals surface area (Å²) in [4.78, 5) is 29.4. The van der Waals surface area contributed by atoms with Gasteiger partial charge in [0.2, 0.25) is 5.43 Å². The van der Waals surface area contributed by atoms with Crippen LogP contribution >= 0.6 is 11.3 Å². The van der Waals surface area contributed by atoms with E-state index in [1.165, 1.54) is 28.3 Å². The van der Waals surface area contributed by atoms with Gasteiger partial charge in [-0.3, -0.25) is 19.3 Å². The van der Waals surface area contributed by atoms with Crippen LogP contribution in [-0.4, -0.2) is 60.2 Å². The molecule has 1 amide bonds. The largest absolute Gasteiger partial charge is 0.502 e. The van der Waals surface area contributed by atoms with Crippen LogP contribution in [0.25, 0.3) is 21.6 Å². The van der Waals surface area contributed by atoms with E-state index in [1.807, 2.05) is 35.3 Å². The van der Waals surface area contributed by atoms with Crippen molar-refractivity contribution in [3.8, 4) is 27.3 Å². The van der Waals surface area contributed by atoms with Gasteiger partial charge in [-0.1, -0.05) is 30.3 Å². The SMILES string of the molecule is COCCc1cc2c(s1)-c1ccccc1[C@H](N1[C@@H]3COCCN3C(=O)c3c(O)c(=O)ccn31)c1ccc(F)c(F)c1-2. The molecule has 0 saturated carbocycles. The Labute approximate surface area is 237 Å². The lowest BCUT2D eigenvalue weighted by molar-refractivity contribution is -0.0196. The number of pyridine rings is 1. The minimum Gasteiger partial charge on any atom is -0.502 e. The normalized spacial score (nSPS) is 19.1. The molecule has 2 aromatic carbocycles. The van der Waals surface area contributed by atoms with E-state index in [9.17, 15) is 19.1 Å². The van der Waals surface area contributed by atoms with E-state index in [2.05, 4.69) is 0 Å². The quantitative estimate of drug-likeness (QED) is 0.390. The average Bonchev–Trinajstić information content (AvgIpc) is 3.36. The van der Waals surface area contributed by atoms with Crippen molar-refractivity contribution in [2.45, 2.75) is 18.6 Å². The van der Waals surface area contributed by atoms with Gasteiger partial charge in [-0.2, -0.15) is 0 Å². The highest BCUT2D eigenvalue weighted by atomic mass is 32.1. The smallest absolute Gasteiger partial charge is 0.278 e. The second-order valence-electron chi connectivity index (χ2n) is 10.2. The maximum Gasteiger partial charge on any atom is 0.278 e. The summed E-state index contributed by atoms with van der Waals surface area (Å²) in [5.41, 5.74) is 1.96. The molecule has 3 aliphatic rings. The number of aromatic nitrogens is 1. The number of rotatable bonds is 4. The molecule has 1 N–H and O–H groups in total. The van der Waals surface area contributed by atoms with Crippen molar-refractivity contribution < 1.29 is 28.2 Å². The molecule has 1 saturated heterocycles. The topological polar surface area (TPSA) is 84.2 Å². The van der Waals surface area contributed by atoms with E-state index >= 15 is 4.39 Å². The number of carbonyl (C=O) groups excluding carboxylic acids is 1. The predicted octanol–water partition coefficient (Wildman–Crippen LogP) is 4.27. The van der Waals surface area contributed by atoms with Crippen LogP contribution in [0.15, 0.2) is 59.5 Å². The first kappa shape index (κ1) is 25.9. The van der Waals surface area contributed by atoms with Crippen molar-refractivity contribution in [3.63, 3.8) is 0 Å². The molecule has 0 bridgehead atoms. The third kappa shape index (κ3) is 3.83. The minimum absolute atomic E-state index is 0.133. The Hall–Kier alpha value is -4.06. The second kappa shape index (κ2) is 9.79. The second-order valence-corrected chi connectivity index (χ2v) is 11.3. The highest BCUT2D eigenvalue weighted by Crippen LogP contribution is 2.52. The van der Waals surface area contributed by atoms with Crippen LogP contribution in [0.1, 0.15) is 32.5 Å². The molecular formula is C30H25F2N3O5S. The molecule has 8 nitrogen and oxygen atoms in total. The molecule has 41 heavy (non-hydrogen) atoms. The summed E-state index contributed by atoms with van der Waals surface area (Å²) in [6, 6.07) is 12.7. The standard InChI is InChI=1S/C30H25F2N3O5S/c1-39-12-9-16-14-20-24-19(6-7-21(31)25(24)32)26(17-4-2-3-5-18(17)29(20)41-16)35-23-15-40-13-11-33(23)30(38)27-28(37)22(36)8-10-34(27)35/h2-8,10,14,23,26,37H,9,11-13,15H2,1H3/t23-,26+/m1/s1. The molecule has 2 aliphatic heterocycles. The summed E-state index contributed by atoms with van der Waals surface area (Å²) in [5, 5.41) is 12.6. The van der Waals surface area contributed by atoms with Crippen molar-refractivity contribution in [2.75, 3.05) is 38.5 Å². The number of ether oxygens (including phenoxy) is 2. The van der Waals surface area contributed by atoms with E-state index in [4.69, 9.17) is 9.47 Å². The molecule has 7 rings (SSSR count). The number of aromatic hydroxyl groups is 1. The molecule has 1 fully saturated rings. The van der Waals surface area contributed by atoms with Gasteiger partial charge < -0.3 is 19.5 Å². The highest BCUT2D eigenvalue weighted by molar-refractivity contribution is 7.16. The van der Waals surface area contributed by atoms with Crippen molar-refractivity contribution in [2.24, 2.45) is 0 Å². The van der Waals surface area contributed by atoms with E-state index in [0.717, 1.165) is 26.9 Å². The molecule has 0 radical (unpaired) electrons. The van der Waals surface area contributed by atoms with Crippen molar-refractivity contribution in [1.29, 1.82) is 0 Å². The number of fused-ring (bicyclic) bond motifs is 7. The number of carbonyl (C=O) groups is 1. The number of thiophene rings is 1. The number of amides is 1. The first-order valence-corrected chi connectivity index (χ1v) is 14.0. The Morgan fingerprint density at radius 1 is 1.10 bits per heavy atom. The van der Waals surface area contributed by atoms with Crippen LogP contribution in [0.3, 0.4) is 0 Å². The third-order valence-electron chi connectivity index (χ3n) is 7.97. The van der Waals surface area contributed by atoms with Crippen LogP contribution in [0, 0.1) is 11.6 Å². The highest BCUT2D eigenvalue weighted by Gasteiger charge is 2.46. The summed E-state index contributed by atoms with van der Waals surface area (Å²) in [6.07, 6.45) is 1.40. The Bertz CT molecular complexity index is 1770. The number of halogens is 2. The average molecular weight is 578 g/mol. The summed E-state index contributed by atoms with van der Waals surface area (Å²) < 4.78 is 43.5. The fourth-order valence-electron chi connectivity index (χ4n) is 6.15. The Morgan fingerprint density at radius 3 is 2.76 bits per heavy atom. The third-order valence-corrected chi connectivity index (χ3v) is 9.19. The van der Waals surface area contributed by atoms with Crippen LogP contribution < -0.4 is 10.4 Å². The van der Waals surface area contributed by atoms with Gasteiger partial charge in [0.05, 0.1) is 25.9 Å². The van der Waals surface area contributed by atoms with Gasteiger partial charge in [0.25, 0.3) is 5.91 Å². The lowest BCUT2D eigenvalue weighted by Crippen LogP contribution is -2.66. The number of methoxy groups -OCH3 is 1. The lowest BCUT2D eigenvalue weighted by atomic mass is 9.91. The van der Waals surface area contributed by atoms with E-state index in [1.54, 1.807) is 18.1 Å². The van der Waals surface area contributed by atoms with Crippen molar-refractivity contribution in [3.05, 3.63) is 98.3 Å². The number of benzene rings is 2. The van der Waals surface area contributed by atoms with Crippen molar-refractivity contribution in [1.82, 2.24) is 9.58 Å². The summed E-state index contributed by atoms with van der Waals surface area (Å²) in [5.74, 6) is -3.10. The molecule has 2 aromatic heterocycles. The van der Waals surface area contributed by atoms with Crippen LogP contribution in [0.5, 0.6) is 5.75 Å². The van der Waals surface area contributed by atoms with Gasteiger partial charge in [-0.15, -0.1) is 11.3 Å². The monoisotopic (exact) mass is 577 g/mol. The minimum atomic E-state index is -0.970. The Balaban J connectivity index is 1.55. The summed E-state index contributed by atoms with van der Waals surface area (Å²) in [6.45, 7) is 1.14. The van der Waals surface area contributed by atoms with Gasteiger partial charge in [0.1, 0.15) is 6.17 Å². The van der Waals surface area contributed by atoms with Crippen LogP contribution in [0.2, 0.25) is 0 Å². The molecule has 4 aromatic rings. The fourth-order valence-corrected chi connectivity index (χ4v) is 7.34. The molecule has 11 heteroatoms. The number of hydrogen-bond donors (Lipinski definition) is 1. The molecule has 210 valence electrons. The molecule has 0 unspecified atom stereocenters.